The number of carbonyl (C=O) groups is 1. The van der Waals surface area contributed by atoms with Crippen molar-refractivity contribution in [1.82, 2.24) is 4.98 Å². The summed E-state index contributed by atoms with van der Waals surface area (Å²) >= 11 is 4.93. The predicted molar refractivity (Wildman–Crippen MR) is 56.7 cm³/mol. The number of H-pyrrole nitrogens is 1. The van der Waals surface area contributed by atoms with Crippen LogP contribution >= 0.6 is 12.2 Å². The summed E-state index contributed by atoms with van der Waals surface area (Å²) in [6.45, 7) is 2.07. The molecule has 0 saturated carbocycles. The molecule has 1 heterocycles. The molecule has 0 aromatic carbocycles. The van der Waals surface area contributed by atoms with Crippen LogP contribution in [0.3, 0.4) is 0 Å². The third kappa shape index (κ3) is 2.89. The number of hydrogen-bond acceptors (Lipinski definition) is 4. The van der Waals surface area contributed by atoms with Crippen LogP contribution in [0.1, 0.15) is 18.1 Å². The van der Waals surface area contributed by atoms with Crippen molar-refractivity contribution in [3.63, 3.8) is 0 Å². The number of ether oxygens (including phenoxy) is 1. The lowest BCUT2D eigenvalue weighted by Gasteiger charge is -2.03. The molecule has 0 aliphatic rings. The van der Waals surface area contributed by atoms with Gasteiger partial charge in [-0.05, 0) is 18.6 Å². The first kappa shape index (κ1) is 11.4. The van der Waals surface area contributed by atoms with Gasteiger partial charge in [0.25, 0.3) is 0 Å². The summed E-state index contributed by atoms with van der Waals surface area (Å²) in [6, 6.07) is 3.63. The van der Waals surface area contributed by atoms with Crippen molar-refractivity contribution in [3.8, 4) is 6.07 Å². The summed E-state index contributed by atoms with van der Waals surface area (Å²) in [4.78, 5) is 14.0. The molecule has 0 aliphatic heterocycles. The Kier molecular flexibility index (Phi) is 4.01. The van der Waals surface area contributed by atoms with Crippen LogP contribution in [-0.4, -0.2) is 17.6 Å². The van der Waals surface area contributed by atoms with Crippen molar-refractivity contribution in [1.29, 1.82) is 5.26 Å². The van der Waals surface area contributed by atoms with Crippen LogP contribution in [0.25, 0.3) is 0 Å². The largest absolute Gasteiger partial charge is 0.466 e. The summed E-state index contributed by atoms with van der Waals surface area (Å²) in [5, 5.41) is 8.85. The van der Waals surface area contributed by atoms with Crippen molar-refractivity contribution >= 4 is 18.2 Å². The molecule has 0 radical (unpaired) electrons. The number of esters is 1. The van der Waals surface area contributed by atoms with E-state index in [1.807, 2.05) is 6.07 Å². The highest BCUT2D eigenvalue weighted by Crippen LogP contribution is 2.09. The number of nitrogens with zero attached hydrogens (tertiary/aromatic N) is 1. The van der Waals surface area contributed by atoms with Gasteiger partial charge in [0.2, 0.25) is 0 Å². The lowest BCUT2D eigenvalue weighted by atomic mass is 10.1. The zero-order chi connectivity index (χ0) is 11.3. The van der Waals surface area contributed by atoms with Gasteiger partial charge in [0.15, 0.2) is 0 Å². The molecule has 15 heavy (non-hydrogen) atoms. The van der Waals surface area contributed by atoms with Gasteiger partial charge in [0.1, 0.15) is 10.7 Å². The number of pyridine rings is 1. The Labute approximate surface area is 92.5 Å². The standard InChI is InChI=1S/C10H10N2O2S/c1-2-14-9(13)5-7-3-4-12-10(15)8(7)6-11/h3-4H,2,5H2,1H3,(H,12,15). The summed E-state index contributed by atoms with van der Waals surface area (Å²) in [7, 11) is 0. The van der Waals surface area contributed by atoms with E-state index in [2.05, 4.69) is 4.98 Å². The van der Waals surface area contributed by atoms with E-state index in [1.54, 1.807) is 19.2 Å². The molecule has 0 saturated heterocycles. The summed E-state index contributed by atoms with van der Waals surface area (Å²) in [5.41, 5.74) is 0.931. The maximum absolute atomic E-state index is 11.2. The Morgan fingerprint density at radius 2 is 2.47 bits per heavy atom. The second-order valence-corrected chi connectivity index (χ2v) is 3.21. The molecule has 0 fully saturated rings. The van der Waals surface area contributed by atoms with Gasteiger partial charge >= 0.3 is 5.97 Å². The average Bonchev–Trinajstić information content (AvgIpc) is 2.18. The highest BCUT2D eigenvalue weighted by atomic mass is 32.1. The number of nitriles is 1. The number of aromatic amines is 1. The van der Waals surface area contributed by atoms with Crippen molar-refractivity contribution in [2.24, 2.45) is 0 Å². The van der Waals surface area contributed by atoms with Crippen LogP contribution < -0.4 is 0 Å². The third-order valence-corrected chi connectivity index (χ3v) is 2.12. The van der Waals surface area contributed by atoms with Gasteiger partial charge in [-0.3, -0.25) is 4.79 Å². The molecule has 5 heteroatoms. The maximum Gasteiger partial charge on any atom is 0.310 e. The predicted octanol–water partition coefficient (Wildman–Crippen LogP) is 1.72. The van der Waals surface area contributed by atoms with Crippen molar-refractivity contribution in [2.45, 2.75) is 13.3 Å². The fourth-order valence-corrected chi connectivity index (χ4v) is 1.40. The summed E-state index contributed by atoms with van der Waals surface area (Å²) in [5.74, 6) is -0.352. The molecule has 1 aromatic rings. The Balaban J connectivity index is 2.96. The number of hydrogen-bond donors (Lipinski definition) is 1. The van der Waals surface area contributed by atoms with Gasteiger partial charge < -0.3 is 9.72 Å². The lowest BCUT2D eigenvalue weighted by Crippen LogP contribution is -2.09. The van der Waals surface area contributed by atoms with Crippen molar-refractivity contribution in [2.75, 3.05) is 6.61 Å². The van der Waals surface area contributed by atoms with Crippen LogP contribution in [0.4, 0.5) is 0 Å². The fourth-order valence-electron chi connectivity index (χ4n) is 1.16. The average molecular weight is 222 g/mol. The molecule has 4 nitrogen and oxygen atoms in total. The van der Waals surface area contributed by atoms with Crippen molar-refractivity contribution in [3.05, 3.63) is 28.0 Å². The molecule has 0 amide bonds. The normalized spacial score (nSPS) is 9.33. The molecular formula is C10H10N2O2S. The molecule has 0 spiro atoms. The molecule has 0 bridgehead atoms. The zero-order valence-electron chi connectivity index (χ0n) is 8.24. The zero-order valence-corrected chi connectivity index (χ0v) is 9.06. The van der Waals surface area contributed by atoms with E-state index in [-0.39, 0.29) is 12.4 Å². The first-order valence-corrected chi connectivity index (χ1v) is 4.86. The van der Waals surface area contributed by atoms with E-state index in [1.165, 1.54) is 0 Å². The van der Waals surface area contributed by atoms with E-state index in [4.69, 9.17) is 22.2 Å². The van der Waals surface area contributed by atoms with Gasteiger partial charge in [0.05, 0.1) is 18.6 Å². The van der Waals surface area contributed by atoms with E-state index >= 15 is 0 Å². The molecule has 0 aliphatic carbocycles. The van der Waals surface area contributed by atoms with Crippen molar-refractivity contribution < 1.29 is 9.53 Å². The van der Waals surface area contributed by atoms with Crippen LogP contribution in [0.2, 0.25) is 0 Å². The van der Waals surface area contributed by atoms with Gasteiger partial charge in [-0.15, -0.1) is 0 Å². The minimum atomic E-state index is -0.352. The first-order chi connectivity index (χ1) is 7.19. The molecule has 0 atom stereocenters. The second-order valence-electron chi connectivity index (χ2n) is 2.80. The van der Waals surface area contributed by atoms with Gasteiger partial charge in [-0.25, -0.2) is 0 Å². The van der Waals surface area contributed by atoms with Crippen LogP contribution in [-0.2, 0) is 16.0 Å². The Bertz CT molecular complexity index is 459. The molecule has 1 rings (SSSR count). The fraction of sp³-hybridized carbons (Fsp3) is 0.300. The second kappa shape index (κ2) is 5.27. The monoisotopic (exact) mass is 222 g/mol. The Hall–Kier alpha value is -1.67. The highest BCUT2D eigenvalue weighted by Gasteiger charge is 2.09. The van der Waals surface area contributed by atoms with Gasteiger partial charge in [0, 0.05) is 6.20 Å². The SMILES string of the molecule is CCOC(=O)Cc1cc[nH]c(=S)c1C#N. The molecule has 78 valence electrons. The smallest absolute Gasteiger partial charge is 0.310 e. The van der Waals surface area contributed by atoms with Gasteiger partial charge in [-0.2, -0.15) is 5.26 Å². The van der Waals surface area contributed by atoms with Crippen LogP contribution in [0.15, 0.2) is 12.3 Å². The topological polar surface area (TPSA) is 65.9 Å². The summed E-state index contributed by atoms with van der Waals surface area (Å²) < 4.78 is 5.14. The van der Waals surface area contributed by atoms with E-state index < -0.39 is 0 Å². The quantitative estimate of drug-likeness (QED) is 0.624. The lowest BCUT2D eigenvalue weighted by molar-refractivity contribution is -0.142. The number of nitrogens with one attached hydrogen (secondary N) is 1. The van der Waals surface area contributed by atoms with E-state index in [0.29, 0.717) is 22.4 Å². The maximum atomic E-state index is 11.2. The van der Waals surface area contributed by atoms with Crippen LogP contribution in [0, 0.1) is 16.0 Å². The minimum absolute atomic E-state index is 0.0784. The number of rotatable bonds is 3. The number of carbonyl (C=O) groups excluding carboxylic acids is 1. The molecule has 1 aromatic heterocycles. The first-order valence-electron chi connectivity index (χ1n) is 4.45. The van der Waals surface area contributed by atoms with Gasteiger partial charge in [-0.1, -0.05) is 12.2 Å². The Morgan fingerprint density at radius 3 is 3.07 bits per heavy atom. The van der Waals surface area contributed by atoms with E-state index in [9.17, 15) is 4.79 Å². The minimum Gasteiger partial charge on any atom is -0.466 e. The molecule has 0 unspecified atom stereocenters. The third-order valence-electron chi connectivity index (χ3n) is 1.80. The highest BCUT2D eigenvalue weighted by molar-refractivity contribution is 7.71. The Morgan fingerprint density at radius 1 is 1.73 bits per heavy atom. The van der Waals surface area contributed by atoms with E-state index in [0.717, 1.165) is 0 Å². The molecule has 1 N–H and O–H groups in total. The summed E-state index contributed by atoms with van der Waals surface area (Å²) in [6.07, 6.45) is 1.69. The van der Waals surface area contributed by atoms with Crippen LogP contribution in [0.5, 0.6) is 0 Å². The number of aromatic nitrogens is 1. The molecular weight excluding hydrogens is 212 g/mol.